The number of halogens is 1. The van der Waals surface area contributed by atoms with Gasteiger partial charge in [-0.05, 0) is 65.8 Å². The molecule has 8 heteroatoms. The molecule has 4 rings (SSSR count). The van der Waals surface area contributed by atoms with Gasteiger partial charge >= 0.3 is 0 Å². The van der Waals surface area contributed by atoms with Gasteiger partial charge in [0.05, 0.1) is 12.8 Å². The lowest BCUT2D eigenvalue weighted by Crippen LogP contribution is -2.54. The fraction of sp³-hybridized carbons (Fsp3) is 0.0800. The molecule has 0 aromatic heterocycles. The van der Waals surface area contributed by atoms with Crippen LogP contribution >= 0.6 is 12.2 Å². The molecule has 1 aliphatic heterocycles. The minimum Gasteiger partial charge on any atom is -0.493 e. The van der Waals surface area contributed by atoms with E-state index >= 15 is 0 Å². The number of ether oxygens (including phenoxy) is 2. The van der Waals surface area contributed by atoms with Crippen molar-refractivity contribution in [3.8, 4) is 11.5 Å². The lowest BCUT2D eigenvalue weighted by Gasteiger charge is -2.28. The van der Waals surface area contributed by atoms with Crippen LogP contribution in [0.15, 0.2) is 78.4 Å². The third kappa shape index (κ3) is 4.91. The molecule has 1 aliphatic rings. The fourth-order valence-corrected chi connectivity index (χ4v) is 3.60. The van der Waals surface area contributed by atoms with E-state index in [0.29, 0.717) is 28.3 Å². The molecule has 1 N–H and O–H groups in total. The maximum atomic E-state index is 13.4. The van der Waals surface area contributed by atoms with E-state index in [2.05, 4.69) is 5.32 Å². The molecule has 1 fully saturated rings. The number of nitrogens with one attached hydrogen (secondary N) is 1. The molecule has 0 saturated carbocycles. The van der Waals surface area contributed by atoms with Crippen molar-refractivity contribution in [1.29, 1.82) is 0 Å². The average Bonchev–Trinajstić information content (AvgIpc) is 2.81. The van der Waals surface area contributed by atoms with E-state index < -0.39 is 11.8 Å². The first-order chi connectivity index (χ1) is 16.0. The molecule has 0 aliphatic carbocycles. The zero-order chi connectivity index (χ0) is 23.4. The Labute approximate surface area is 195 Å². The molecule has 1 saturated heterocycles. The fourth-order valence-electron chi connectivity index (χ4n) is 3.32. The van der Waals surface area contributed by atoms with E-state index in [4.69, 9.17) is 21.7 Å². The lowest BCUT2D eigenvalue weighted by atomic mass is 10.1. The third-order valence-electron chi connectivity index (χ3n) is 4.90. The molecule has 0 radical (unpaired) electrons. The Balaban J connectivity index is 1.59. The number of para-hydroxylation sites is 1. The predicted molar refractivity (Wildman–Crippen MR) is 126 cm³/mol. The first-order valence-corrected chi connectivity index (χ1v) is 10.4. The smallest absolute Gasteiger partial charge is 0.270 e. The lowest BCUT2D eigenvalue weighted by molar-refractivity contribution is -0.122. The Bertz CT molecular complexity index is 1260. The number of benzene rings is 3. The highest BCUT2D eigenvalue weighted by Gasteiger charge is 2.34. The van der Waals surface area contributed by atoms with Gasteiger partial charge < -0.3 is 9.47 Å². The molecular formula is C25H19FN2O4S. The largest absolute Gasteiger partial charge is 0.493 e. The maximum absolute atomic E-state index is 13.4. The predicted octanol–water partition coefficient (Wildman–Crippen LogP) is 4.24. The highest BCUT2D eigenvalue weighted by atomic mass is 32.1. The number of hydrogen-bond donors (Lipinski definition) is 1. The van der Waals surface area contributed by atoms with Crippen molar-refractivity contribution in [3.05, 3.63) is 95.3 Å². The Kier molecular flexibility index (Phi) is 6.46. The van der Waals surface area contributed by atoms with Gasteiger partial charge in [-0.25, -0.2) is 4.39 Å². The minimum absolute atomic E-state index is 0.0204. The summed E-state index contributed by atoms with van der Waals surface area (Å²) in [4.78, 5) is 26.9. The van der Waals surface area contributed by atoms with Gasteiger partial charge in [-0.1, -0.05) is 36.4 Å². The second kappa shape index (κ2) is 9.62. The highest BCUT2D eigenvalue weighted by molar-refractivity contribution is 7.80. The van der Waals surface area contributed by atoms with Crippen LogP contribution in [0, 0.1) is 5.82 Å². The number of nitrogens with zero attached hydrogens (tertiary/aromatic N) is 1. The SMILES string of the molecule is COc1cc(/C=C2\C(=O)NC(=S)N(c3ccccc3)C2=O)ccc1OCc1cccc(F)c1. The molecule has 2 amide bonds. The number of methoxy groups -OCH3 is 1. The van der Waals surface area contributed by atoms with Crippen LogP contribution in [0.3, 0.4) is 0 Å². The Morgan fingerprint density at radius 1 is 1.00 bits per heavy atom. The molecule has 166 valence electrons. The number of carbonyl (C=O) groups excluding carboxylic acids is 2. The molecule has 0 bridgehead atoms. The molecule has 0 spiro atoms. The second-order valence-corrected chi connectivity index (χ2v) is 7.51. The normalized spacial score (nSPS) is 14.9. The molecule has 3 aromatic rings. The Hall–Kier alpha value is -4.04. The van der Waals surface area contributed by atoms with Gasteiger partial charge in [-0.15, -0.1) is 0 Å². The van der Waals surface area contributed by atoms with Gasteiger partial charge in [0.2, 0.25) is 0 Å². The molecule has 3 aromatic carbocycles. The van der Waals surface area contributed by atoms with Crippen LogP contribution in [0.5, 0.6) is 11.5 Å². The van der Waals surface area contributed by atoms with Crippen LogP contribution in [-0.4, -0.2) is 24.0 Å². The van der Waals surface area contributed by atoms with Crippen molar-refractivity contribution < 1.29 is 23.5 Å². The van der Waals surface area contributed by atoms with Crippen molar-refractivity contribution in [2.24, 2.45) is 0 Å². The van der Waals surface area contributed by atoms with E-state index in [9.17, 15) is 14.0 Å². The quantitative estimate of drug-likeness (QED) is 0.337. The highest BCUT2D eigenvalue weighted by Crippen LogP contribution is 2.30. The van der Waals surface area contributed by atoms with Gasteiger partial charge in [-0.2, -0.15) is 0 Å². The van der Waals surface area contributed by atoms with Crippen LogP contribution in [0.25, 0.3) is 6.08 Å². The van der Waals surface area contributed by atoms with Crippen molar-refractivity contribution in [3.63, 3.8) is 0 Å². The number of amides is 2. The van der Waals surface area contributed by atoms with Gasteiger partial charge in [0, 0.05) is 0 Å². The van der Waals surface area contributed by atoms with E-state index in [1.807, 2.05) is 6.07 Å². The topological polar surface area (TPSA) is 67.9 Å². The van der Waals surface area contributed by atoms with Crippen LogP contribution in [0.1, 0.15) is 11.1 Å². The number of carbonyl (C=O) groups is 2. The van der Waals surface area contributed by atoms with E-state index in [-0.39, 0.29) is 23.1 Å². The second-order valence-electron chi connectivity index (χ2n) is 7.12. The van der Waals surface area contributed by atoms with Gasteiger partial charge in [0.25, 0.3) is 11.8 Å². The van der Waals surface area contributed by atoms with E-state index in [0.717, 1.165) is 0 Å². The molecule has 6 nitrogen and oxygen atoms in total. The summed E-state index contributed by atoms with van der Waals surface area (Å²) in [5.41, 5.74) is 1.72. The Morgan fingerprint density at radius 2 is 1.79 bits per heavy atom. The van der Waals surface area contributed by atoms with Crippen molar-refractivity contribution in [2.75, 3.05) is 12.0 Å². The maximum Gasteiger partial charge on any atom is 0.270 e. The summed E-state index contributed by atoms with van der Waals surface area (Å²) in [5, 5.41) is 2.57. The Morgan fingerprint density at radius 3 is 2.52 bits per heavy atom. The van der Waals surface area contributed by atoms with Crippen LogP contribution < -0.4 is 19.7 Å². The zero-order valence-electron chi connectivity index (χ0n) is 17.6. The number of hydrogen-bond acceptors (Lipinski definition) is 5. The van der Waals surface area contributed by atoms with Crippen molar-refractivity contribution in [1.82, 2.24) is 5.32 Å². The van der Waals surface area contributed by atoms with E-state index in [1.54, 1.807) is 54.6 Å². The van der Waals surface area contributed by atoms with Gasteiger partial charge in [0.1, 0.15) is 18.0 Å². The monoisotopic (exact) mass is 462 g/mol. The average molecular weight is 463 g/mol. The summed E-state index contributed by atoms with van der Waals surface area (Å²) in [5.74, 6) is -0.609. The molecule has 33 heavy (non-hydrogen) atoms. The number of thiocarbonyl (C=S) groups is 1. The summed E-state index contributed by atoms with van der Waals surface area (Å²) in [6, 6.07) is 19.9. The van der Waals surface area contributed by atoms with Gasteiger partial charge in [-0.3, -0.25) is 19.8 Å². The van der Waals surface area contributed by atoms with Crippen molar-refractivity contribution >= 4 is 40.9 Å². The summed E-state index contributed by atoms with van der Waals surface area (Å²) in [6.07, 6.45) is 1.47. The minimum atomic E-state index is -0.581. The van der Waals surface area contributed by atoms with E-state index in [1.165, 1.54) is 30.2 Å². The first-order valence-electron chi connectivity index (χ1n) is 9.98. The number of rotatable bonds is 6. The summed E-state index contributed by atoms with van der Waals surface area (Å²) in [7, 11) is 1.48. The molecule has 0 unspecified atom stereocenters. The van der Waals surface area contributed by atoms with Crippen LogP contribution in [0.2, 0.25) is 0 Å². The summed E-state index contributed by atoms with van der Waals surface area (Å²) >= 11 is 5.20. The number of anilines is 1. The molecule has 1 heterocycles. The van der Waals surface area contributed by atoms with Gasteiger partial charge in [0.15, 0.2) is 16.6 Å². The van der Waals surface area contributed by atoms with Crippen LogP contribution in [0.4, 0.5) is 10.1 Å². The molecular weight excluding hydrogens is 443 g/mol. The third-order valence-corrected chi connectivity index (χ3v) is 5.18. The standard InChI is InChI=1S/C25H19FN2O4S/c1-31-22-14-16(10-11-21(22)32-15-17-6-5-7-18(26)12-17)13-20-23(29)27-25(33)28(24(20)30)19-8-3-2-4-9-19/h2-14H,15H2,1H3,(H,27,29,33)/b20-13+. The first kappa shape index (κ1) is 22.2. The van der Waals surface area contributed by atoms with Crippen LogP contribution in [-0.2, 0) is 16.2 Å². The zero-order valence-corrected chi connectivity index (χ0v) is 18.4. The van der Waals surface area contributed by atoms with Crippen molar-refractivity contribution in [2.45, 2.75) is 6.61 Å². The summed E-state index contributed by atoms with van der Waals surface area (Å²) < 4.78 is 24.5. The molecule has 0 atom stereocenters. The summed E-state index contributed by atoms with van der Waals surface area (Å²) in [6.45, 7) is 0.152.